The summed E-state index contributed by atoms with van der Waals surface area (Å²) in [7, 11) is 0. The van der Waals surface area contributed by atoms with Gasteiger partial charge in [0.05, 0.1) is 5.25 Å². The SMILES string of the molecule is CC(Sc1ccc(Cl)cc1)C(=O)N1CCC(c2c[nH]c3ncccc23)CC1. The van der Waals surface area contributed by atoms with Gasteiger partial charge in [0.15, 0.2) is 0 Å². The highest BCUT2D eigenvalue weighted by Gasteiger charge is 2.28. The number of aromatic amines is 1. The molecule has 0 radical (unpaired) electrons. The maximum absolute atomic E-state index is 12.8. The summed E-state index contributed by atoms with van der Waals surface area (Å²) < 4.78 is 0. The van der Waals surface area contributed by atoms with Crippen LogP contribution in [-0.2, 0) is 4.79 Å². The van der Waals surface area contributed by atoms with Crippen molar-refractivity contribution in [3.8, 4) is 0 Å². The summed E-state index contributed by atoms with van der Waals surface area (Å²) in [5, 5.41) is 1.82. The summed E-state index contributed by atoms with van der Waals surface area (Å²) in [6.07, 6.45) is 5.88. The molecule has 1 aromatic carbocycles. The number of benzene rings is 1. The predicted octanol–water partition coefficient (Wildman–Crippen LogP) is 5.10. The lowest BCUT2D eigenvalue weighted by atomic mass is 9.89. The van der Waals surface area contributed by atoms with E-state index in [1.165, 1.54) is 10.9 Å². The van der Waals surface area contributed by atoms with Crippen molar-refractivity contribution in [3.05, 3.63) is 59.4 Å². The summed E-state index contributed by atoms with van der Waals surface area (Å²) in [6.45, 7) is 3.60. The van der Waals surface area contributed by atoms with E-state index in [0.29, 0.717) is 10.9 Å². The van der Waals surface area contributed by atoms with Gasteiger partial charge in [-0.25, -0.2) is 4.98 Å². The molecule has 3 aromatic rings. The molecule has 2 aromatic heterocycles. The molecule has 4 nitrogen and oxygen atoms in total. The molecule has 1 aliphatic heterocycles. The lowest BCUT2D eigenvalue weighted by Gasteiger charge is -2.33. The summed E-state index contributed by atoms with van der Waals surface area (Å²) in [4.78, 5) is 23.6. The number of hydrogen-bond donors (Lipinski definition) is 1. The molecular formula is C21H22ClN3OS. The van der Waals surface area contributed by atoms with Crippen molar-refractivity contribution >= 4 is 40.3 Å². The van der Waals surface area contributed by atoms with Crippen LogP contribution in [0.25, 0.3) is 11.0 Å². The van der Waals surface area contributed by atoms with Gasteiger partial charge in [-0.1, -0.05) is 11.6 Å². The second kappa shape index (κ2) is 7.95. The largest absolute Gasteiger partial charge is 0.346 e. The van der Waals surface area contributed by atoms with Crippen LogP contribution in [0.5, 0.6) is 0 Å². The topological polar surface area (TPSA) is 49.0 Å². The monoisotopic (exact) mass is 399 g/mol. The maximum Gasteiger partial charge on any atom is 0.235 e. The van der Waals surface area contributed by atoms with E-state index in [2.05, 4.69) is 22.2 Å². The zero-order valence-corrected chi connectivity index (χ0v) is 16.8. The van der Waals surface area contributed by atoms with Crippen LogP contribution in [0.3, 0.4) is 0 Å². The smallest absolute Gasteiger partial charge is 0.235 e. The number of nitrogens with zero attached hydrogens (tertiary/aromatic N) is 2. The molecule has 3 heterocycles. The standard InChI is InChI=1S/C21H22ClN3OS/c1-14(27-17-6-4-16(22)5-7-17)21(26)25-11-8-15(9-12-25)19-13-24-20-18(19)3-2-10-23-20/h2-7,10,13-15H,8-9,11-12H2,1H3,(H,23,24). The third-order valence-electron chi connectivity index (χ3n) is 5.20. The molecule has 0 bridgehead atoms. The lowest BCUT2D eigenvalue weighted by Crippen LogP contribution is -2.41. The number of piperidine rings is 1. The fourth-order valence-electron chi connectivity index (χ4n) is 3.75. The number of likely N-dealkylation sites (tertiary alicyclic amines) is 1. The number of fused-ring (bicyclic) bond motifs is 1. The first-order valence-electron chi connectivity index (χ1n) is 9.25. The summed E-state index contributed by atoms with van der Waals surface area (Å²) >= 11 is 7.53. The molecule has 4 rings (SSSR count). The number of aromatic nitrogens is 2. The van der Waals surface area contributed by atoms with Gasteiger partial charge in [-0.05, 0) is 67.6 Å². The molecule has 0 aliphatic carbocycles. The van der Waals surface area contributed by atoms with Crippen LogP contribution in [0.2, 0.25) is 5.02 Å². The Bertz CT molecular complexity index is 932. The van der Waals surface area contributed by atoms with Crippen LogP contribution in [0.15, 0.2) is 53.7 Å². The Balaban J connectivity index is 1.37. The normalized spacial score (nSPS) is 16.6. The molecule has 0 saturated carbocycles. The molecule has 140 valence electrons. The van der Waals surface area contributed by atoms with E-state index in [1.807, 2.05) is 48.4 Å². The van der Waals surface area contributed by atoms with E-state index in [1.54, 1.807) is 11.8 Å². The van der Waals surface area contributed by atoms with Crippen LogP contribution in [0, 0.1) is 0 Å². The number of carbonyl (C=O) groups is 1. The van der Waals surface area contributed by atoms with Crippen molar-refractivity contribution < 1.29 is 4.79 Å². The van der Waals surface area contributed by atoms with Gasteiger partial charge in [-0.3, -0.25) is 4.79 Å². The average Bonchev–Trinajstić information content (AvgIpc) is 3.13. The number of nitrogens with one attached hydrogen (secondary N) is 1. The van der Waals surface area contributed by atoms with Crippen molar-refractivity contribution in [3.63, 3.8) is 0 Å². The Morgan fingerprint density at radius 2 is 2.00 bits per heavy atom. The predicted molar refractivity (Wildman–Crippen MR) is 111 cm³/mol. The second-order valence-electron chi connectivity index (χ2n) is 6.96. The first kappa shape index (κ1) is 18.4. The van der Waals surface area contributed by atoms with E-state index >= 15 is 0 Å². The Hall–Kier alpha value is -1.98. The van der Waals surface area contributed by atoms with E-state index in [-0.39, 0.29) is 11.2 Å². The Labute approximate surface area is 168 Å². The minimum atomic E-state index is -0.0972. The third kappa shape index (κ3) is 3.99. The van der Waals surface area contributed by atoms with Crippen molar-refractivity contribution in [2.24, 2.45) is 0 Å². The molecule has 0 spiro atoms. The molecule has 1 fully saturated rings. The molecule has 1 saturated heterocycles. The number of rotatable bonds is 4. The van der Waals surface area contributed by atoms with Gasteiger partial charge in [0.25, 0.3) is 0 Å². The fraction of sp³-hybridized carbons (Fsp3) is 0.333. The maximum atomic E-state index is 12.8. The van der Waals surface area contributed by atoms with E-state index < -0.39 is 0 Å². The van der Waals surface area contributed by atoms with Gasteiger partial charge < -0.3 is 9.88 Å². The number of hydrogen-bond acceptors (Lipinski definition) is 3. The van der Waals surface area contributed by atoms with Crippen LogP contribution in [0.4, 0.5) is 0 Å². The molecule has 1 aliphatic rings. The molecule has 6 heteroatoms. The molecule has 1 atom stereocenters. The zero-order valence-electron chi connectivity index (χ0n) is 15.2. The van der Waals surface area contributed by atoms with Crippen LogP contribution < -0.4 is 0 Å². The van der Waals surface area contributed by atoms with Gasteiger partial charge in [0.2, 0.25) is 5.91 Å². The number of amides is 1. The highest BCUT2D eigenvalue weighted by atomic mass is 35.5. The Kier molecular flexibility index (Phi) is 5.41. The molecule has 27 heavy (non-hydrogen) atoms. The summed E-state index contributed by atoms with van der Waals surface area (Å²) in [5.41, 5.74) is 2.27. The minimum absolute atomic E-state index is 0.0972. The number of thioether (sulfide) groups is 1. The third-order valence-corrected chi connectivity index (χ3v) is 6.56. The van der Waals surface area contributed by atoms with Gasteiger partial charge in [-0.15, -0.1) is 11.8 Å². The number of H-pyrrole nitrogens is 1. The van der Waals surface area contributed by atoms with Crippen LogP contribution in [-0.4, -0.2) is 39.1 Å². The van der Waals surface area contributed by atoms with Gasteiger partial charge in [0, 0.05) is 40.8 Å². The molecular weight excluding hydrogens is 378 g/mol. The van der Waals surface area contributed by atoms with E-state index in [0.717, 1.165) is 36.5 Å². The van der Waals surface area contributed by atoms with Gasteiger partial charge >= 0.3 is 0 Å². The fourth-order valence-corrected chi connectivity index (χ4v) is 4.83. The Morgan fingerprint density at radius 1 is 1.26 bits per heavy atom. The first-order valence-corrected chi connectivity index (χ1v) is 10.5. The van der Waals surface area contributed by atoms with Crippen molar-refractivity contribution in [1.29, 1.82) is 0 Å². The number of halogens is 1. The van der Waals surface area contributed by atoms with Crippen molar-refractivity contribution in [2.45, 2.75) is 35.8 Å². The zero-order chi connectivity index (χ0) is 18.8. The average molecular weight is 400 g/mol. The summed E-state index contributed by atoms with van der Waals surface area (Å²) in [5.74, 6) is 0.695. The highest BCUT2D eigenvalue weighted by Crippen LogP contribution is 2.33. The van der Waals surface area contributed by atoms with E-state index in [4.69, 9.17) is 11.6 Å². The van der Waals surface area contributed by atoms with Crippen LogP contribution in [0.1, 0.15) is 31.2 Å². The summed E-state index contributed by atoms with van der Waals surface area (Å²) in [6, 6.07) is 11.8. The molecule has 1 amide bonds. The van der Waals surface area contributed by atoms with Crippen LogP contribution >= 0.6 is 23.4 Å². The minimum Gasteiger partial charge on any atom is -0.346 e. The highest BCUT2D eigenvalue weighted by molar-refractivity contribution is 8.00. The molecule has 1 unspecified atom stereocenters. The number of pyridine rings is 1. The lowest BCUT2D eigenvalue weighted by molar-refractivity contribution is -0.131. The first-order chi connectivity index (χ1) is 13.1. The van der Waals surface area contributed by atoms with Gasteiger partial charge in [-0.2, -0.15) is 0 Å². The van der Waals surface area contributed by atoms with Crippen molar-refractivity contribution in [1.82, 2.24) is 14.9 Å². The van der Waals surface area contributed by atoms with Crippen molar-refractivity contribution in [2.75, 3.05) is 13.1 Å². The molecule has 1 N–H and O–H groups in total. The quantitative estimate of drug-likeness (QED) is 0.620. The number of carbonyl (C=O) groups excluding carboxylic acids is 1. The van der Waals surface area contributed by atoms with E-state index in [9.17, 15) is 4.79 Å². The van der Waals surface area contributed by atoms with Gasteiger partial charge in [0.1, 0.15) is 5.65 Å². The Morgan fingerprint density at radius 3 is 2.74 bits per heavy atom. The second-order valence-corrected chi connectivity index (χ2v) is 8.81.